The highest BCUT2D eigenvalue weighted by Crippen LogP contribution is 2.08. The van der Waals surface area contributed by atoms with E-state index in [9.17, 15) is 0 Å². The first-order valence-electron chi connectivity index (χ1n) is 7.75. The van der Waals surface area contributed by atoms with Crippen LogP contribution in [-0.2, 0) is 11.2 Å². The van der Waals surface area contributed by atoms with E-state index in [0.29, 0.717) is 0 Å². The van der Waals surface area contributed by atoms with Crippen LogP contribution in [0.1, 0.15) is 57.4 Å². The average molecular weight is 263 g/mol. The number of benzene rings is 1. The van der Waals surface area contributed by atoms with Crippen LogP contribution in [0.2, 0.25) is 0 Å². The molecular weight excluding hydrogens is 234 g/mol. The Kier molecular flexibility index (Phi) is 9.17. The molecule has 108 valence electrons. The maximum absolute atomic E-state index is 5.66. The summed E-state index contributed by atoms with van der Waals surface area (Å²) in [4.78, 5) is 0. The van der Waals surface area contributed by atoms with E-state index in [1.54, 1.807) is 0 Å². The Bertz CT molecular complexity index is 308. The van der Waals surface area contributed by atoms with E-state index < -0.39 is 0 Å². The Morgan fingerprint density at radius 1 is 0.842 bits per heavy atom. The molecule has 0 aliphatic carbocycles. The molecule has 2 N–H and O–H groups in total. The predicted octanol–water partition coefficient (Wildman–Crippen LogP) is 4.58. The largest absolute Gasteiger partial charge is 0.399 e. The summed E-state index contributed by atoms with van der Waals surface area (Å²) in [6, 6.07) is 8.13. The van der Waals surface area contributed by atoms with Crippen LogP contribution in [0, 0.1) is 0 Å². The number of rotatable bonds is 11. The number of hydrogen-bond acceptors (Lipinski definition) is 2. The summed E-state index contributed by atoms with van der Waals surface area (Å²) in [5, 5.41) is 0. The molecule has 0 unspecified atom stereocenters. The molecule has 1 aromatic rings. The fraction of sp³-hybridized carbons (Fsp3) is 0.647. The van der Waals surface area contributed by atoms with Crippen molar-refractivity contribution in [3.05, 3.63) is 29.8 Å². The van der Waals surface area contributed by atoms with E-state index >= 15 is 0 Å². The summed E-state index contributed by atoms with van der Waals surface area (Å²) in [6.45, 7) is 4.05. The fourth-order valence-electron chi connectivity index (χ4n) is 2.15. The number of ether oxygens (including phenoxy) is 1. The number of anilines is 1. The molecule has 0 aliphatic rings. The van der Waals surface area contributed by atoms with Crippen molar-refractivity contribution in [1.29, 1.82) is 0 Å². The van der Waals surface area contributed by atoms with Gasteiger partial charge in [0, 0.05) is 18.9 Å². The second-order valence-corrected chi connectivity index (χ2v) is 5.23. The number of unbranched alkanes of at least 4 members (excludes halogenated alkanes) is 5. The van der Waals surface area contributed by atoms with Crippen LogP contribution in [0.3, 0.4) is 0 Å². The summed E-state index contributed by atoms with van der Waals surface area (Å²) in [5.74, 6) is 0. The van der Waals surface area contributed by atoms with Crippen molar-refractivity contribution in [3.63, 3.8) is 0 Å². The van der Waals surface area contributed by atoms with Crippen molar-refractivity contribution in [1.82, 2.24) is 0 Å². The van der Waals surface area contributed by atoms with Gasteiger partial charge in [0.25, 0.3) is 0 Å². The molecule has 0 radical (unpaired) electrons. The van der Waals surface area contributed by atoms with Gasteiger partial charge < -0.3 is 10.5 Å². The monoisotopic (exact) mass is 263 g/mol. The highest BCUT2D eigenvalue weighted by atomic mass is 16.5. The maximum atomic E-state index is 5.66. The lowest BCUT2D eigenvalue weighted by Crippen LogP contribution is -1.99. The van der Waals surface area contributed by atoms with Gasteiger partial charge in [-0.3, -0.25) is 0 Å². The zero-order valence-corrected chi connectivity index (χ0v) is 12.4. The van der Waals surface area contributed by atoms with Gasteiger partial charge in [0.2, 0.25) is 0 Å². The molecule has 0 amide bonds. The first-order valence-corrected chi connectivity index (χ1v) is 7.75. The number of aryl methyl sites for hydroxylation is 1. The molecule has 1 rings (SSSR count). The molecule has 1 aromatic carbocycles. The number of hydrogen-bond donors (Lipinski definition) is 1. The minimum Gasteiger partial charge on any atom is -0.399 e. The van der Waals surface area contributed by atoms with E-state index in [0.717, 1.165) is 31.7 Å². The molecular formula is C17H29NO. The van der Waals surface area contributed by atoms with Crippen molar-refractivity contribution < 1.29 is 4.74 Å². The Labute approximate surface area is 118 Å². The molecule has 0 bridgehead atoms. The normalized spacial score (nSPS) is 10.8. The van der Waals surface area contributed by atoms with Crippen LogP contribution in [0.25, 0.3) is 0 Å². The predicted molar refractivity (Wildman–Crippen MR) is 83.4 cm³/mol. The summed E-state index contributed by atoms with van der Waals surface area (Å²) in [7, 11) is 0. The van der Waals surface area contributed by atoms with Crippen LogP contribution in [-0.4, -0.2) is 13.2 Å². The molecule has 0 fully saturated rings. The Balaban J connectivity index is 1.87. The molecule has 0 heterocycles. The summed E-state index contributed by atoms with van der Waals surface area (Å²) < 4.78 is 5.66. The third kappa shape index (κ3) is 8.66. The first-order chi connectivity index (χ1) is 9.33. The zero-order valence-electron chi connectivity index (χ0n) is 12.4. The van der Waals surface area contributed by atoms with Gasteiger partial charge in [-0.1, -0.05) is 51.2 Å². The molecule has 0 atom stereocenters. The molecule has 2 nitrogen and oxygen atoms in total. The van der Waals surface area contributed by atoms with Crippen LogP contribution in [0.5, 0.6) is 0 Å². The fourth-order valence-corrected chi connectivity index (χ4v) is 2.15. The van der Waals surface area contributed by atoms with E-state index in [2.05, 4.69) is 19.1 Å². The van der Waals surface area contributed by atoms with Crippen molar-refractivity contribution in [2.45, 2.75) is 58.3 Å². The molecule has 0 saturated heterocycles. The summed E-state index contributed by atoms with van der Waals surface area (Å²) in [6.07, 6.45) is 10.2. The quantitative estimate of drug-likeness (QED) is 0.468. The molecule has 0 saturated carbocycles. The number of nitrogen functional groups attached to an aromatic ring is 1. The van der Waals surface area contributed by atoms with E-state index in [-0.39, 0.29) is 0 Å². The Morgan fingerprint density at radius 3 is 2.21 bits per heavy atom. The van der Waals surface area contributed by atoms with Gasteiger partial charge in [0.1, 0.15) is 0 Å². The van der Waals surface area contributed by atoms with Gasteiger partial charge in [-0.05, 0) is 37.0 Å². The minimum absolute atomic E-state index is 0.836. The lowest BCUT2D eigenvalue weighted by Gasteiger charge is -2.05. The summed E-state index contributed by atoms with van der Waals surface area (Å²) in [5.41, 5.74) is 7.84. The van der Waals surface area contributed by atoms with Gasteiger partial charge in [0.05, 0.1) is 0 Å². The molecule has 0 spiro atoms. The topological polar surface area (TPSA) is 35.2 Å². The van der Waals surface area contributed by atoms with Gasteiger partial charge in [0.15, 0.2) is 0 Å². The molecule has 0 aromatic heterocycles. The molecule has 19 heavy (non-hydrogen) atoms. The average Bonchev–Trinajstić information content (AvgIpc) is 2.43. The first kappa shape index (κ1) is 16.0. The second-order valence-electron chi connectivity index (χ2n) is 5.23. The lowest BCUT2D eigenvalue weighted by atomic mass is 10.1. The van der Waals surface area contributed by atoms with Gasteiger partial charge in [-0.25, -0.2) is 0 Å². The number of nitrogens with two attached hydrogens (primary N) is 1. The lowest BCUT2D eigenvalue weighted by molar-refractivity contribution is 0.127. The van der Waals surface area contributed by atoms with Gasteiger partial charge >= 0.3 is 0 Å². The SMILES string of the molecule is CCCCCCCCOCCCc1ccc(N)cc1. The van der Waals surface area contributed by atoms with E-state index in [1.807, 2.05) is 12.1 Å². The van der Waals surface area contributed by atoms with Crippen LogP contribution in [0.4, 0.5) is 5.69 Å². The highest BCUT2D eigenvalue weighted by molar-refractivity contribution is 5.39. The second kappa shape index (κ2) is 10.9. The third-order valence-corrected chi connectivity index (χ3v) is 3.38. The van der Waals surface area contributed by atoms with Crippen molar-refractivity contribution in [3.8, 4) is 0 Å². The Morgan fingerprint density at radius 2 is 1.47 bits per heavy atom. The summed E-state index contributed by atoms with van der Waals surface area (Å²) >= 11 is 0. The van der Waals surface area contributed by atoms with Crippen LogP contribution >= 0.6 is 0 Å². The van der Waals surface area contributed by atoms with Crippen molar-refractivity contribution in [2.75, 3.05) is 18.9 Å². The molecule has 2 heteroatoms. The highest BCUT2D eigenvalue weighted by Gasteiger charge is 1.94. The van der Waals surface area contributed by atoms with E-state index in [4.69, 9.17) is 10.5 Å². The van der Waals surface area contributed by atoms with E-state index in [1.165, 1.54) is 44.1 Å². The van der Waals surface area contributed by atoms with Gasteiger partial charge in [-0.2, -0.15) is 0 Å². The van der Waals surface area contributed by atoms with Crippen molar-refractivity contribution in [2.24, 2.45) is 0 Å². The Hall–Kier alpha value is -1.02. The van der Waals surface area contributed by atoms with Gasteiger partial charge in [-0.15, -0.1) is 0 Å². The van der Waals surface area contributed by atoms with Crippen LogP contribution < -0.4 is 5.73 Å². The smallest absolute Gasteiger partial charge is 0.0469 e. The minimum atomic E-state index is 0.836. The molecule has 0 aliphatic heterocycles. The van der Waals surface area contributed by atoms with Crippen LogP contribution in [0.15, 0.2) is 24.3 Å². The third-order valence-electron chi connectivity index (χ3n) is 3.38. The van der Waals surface area contributed by atoms with Crippen molar-refractivity contribution >= 4 is 5.69 Å². The zero-order chi connectivity index (χ0) is 13.8. The standard InChI is InChI=1S/C17H29NO/c1-2-3-4-5-6-7-14-19-15-8-9-16-10-12-17(18)13-11-16/h10-13H,2-9,14-15,18H2,1H3. The maximum Gasteiger partial charge on any atom is 0.0469 e.